The molecule has 110 valence electrons. The zero-order valence-electron chi connectivity index (χ0n) is 12.4. The van der Waals surface area contributed by atoms with Crippen molar-refractivity contribution in [2.45, 2.75) is 19.4 Å². The Morgan fingerprint density at radius 3 is 2.81 bits per heavy atom. The predicted octanol–water partition coefficient (Wildman–Crippen LogP) is 4.10. The Morgan fingerprint density at radius 1 is 1.38 bits per heavy atom. The normalized spacial score (nSPS) is 13.0. The lowest BCUT2D eigenvalue weighted by Crippen LogP contribution is -2.20. The summed E-state index contributed by atoms with van der Waals surface area (Å²) in [4.78, 5) is 0. The molecule has 3 nitrogen and oxygen atoms in total. The van der Waals surface area contributed by atoms with E-state index in [4.69, 9.17) is 11.6 Å². The molecule has 1 unspecified atom stereocenters. The Labute approximate surface area is 133 Å². The number of hydrogen-bond acceptors (Lipinski definition) is 3. The van der Waals surface area contributed by atoms with Gasteiger partial charge in [-0.2, -0.15) is 5.10 Å². The molecule has 3 rings (SSSR count). The van der Waals surface area contributed by atoms with E-state index in [0.717, 1.165) is 22.8 Å². The molecule has 0 fully saturated rings. The van der Waals surface area contributed by atoms with E-state index in [1.54, 1.807) is 11.3 Å². The van der Waals surface area contributed by atoms with Crippen LogP contribution in [0.15, 0.2) is 29.6 Å². The maximum atomic E-state index is 6.39. The Balaban J connectivity index is 1.99. The highest BCUT2D eigenvalue weighted by molar-refractivity contribution is 7.17. The molecule has 0 saturated heterocycles. The highest BCUT2D eigenvalue weighted by Gasteiger charge is 2.19. The minimum atomic E-state index is 0.230. The van der Waals surface area contributed by atoms with Gasteiger partial charge in [-0.1, -0.05) is 29.8 Å². The summed E-state index contributed by atoms with van der Waals surface area (Å²) >= 11 is 8.17. The Hall–Kier alpha value is -1.36. The van der Waals surface area contributed by atoms with Crippen LogP contribution in [0.2, 0.25) is 5.02 Å². The summed E-state index contributed by atoms with van der Waals surface area (Å²) in [7, 11) is 3.95. The Kier molecular flexibility index (Phi) is 4.02. The lowest BCUT2D eigenvalue weighted by atomic mass is 10.0. The highest BCUT2D eigenvalue weighted by Crippen LogP contribution is 2.33. The van der Waals surface area contributed by atoms with Crippen LogP contribution in [0.5, 0.6) is 0 Å². The second kappa shape index (κ2) is 5.79. The van der Waals surface area contributed by atoms with E-state index in [1.807, 2.05) is 25.7 Å². The molecule has 3 aromatic rings. The number of fused-ring (bicyclic) bond motifs is 1. The SMILES string of the molecule is CNC(Cc1c(Cl)c(C)nn1C)c1csc2ccccc12. The third-order valence-corrected chi connectivity index (χ3v) is 5.37. The maximum absolute atomic E-state index is 6.39. The first kappa shape index (κ1) is 14.6. The molecule has 1 aromatic carbocycles. The first-order valence-corrected chi connectivity index (χ1v) is 8.19. The number of benzene rings is 1. The lowest BCUT2D eigenvalue weighted by molar-refractivity contribution is 0.566. The number of hydrogen-bond donors (Lipinski definition) is 1. The molecular formula is C16H18ClN3S. The van der Waals surface area contributed by atoms with Crippen LogP contribution in [0.4, 0.5) is 0 Å². The molecule has 0 spiro atoms. The Bertz CT molecular complexity index is 775. The number of nitrogens with zero attached hydrogens (tertiary/aromatic N) is 2. The van der Waals surface area contributed by atoms with Gasteiger partial charge >= 0.3 is 0 Å². The molecular weight excluding hydrogens is 302 g/mol. The monoisotopic (exact) mass is 319 g/mol. The lowest BCUT2D eigenvalue weighted by Gasteiger charge is -2.16. The number of aryl methyl sites for hydroxylation is 2. The smallest absolute Gasteiger partial charge is 0.0847 e. The summed E-state index contributed by atoms with van der Waals surface area (Å²) in [5.41, 5.74) is 3.29. The average molecular weight is 320 g/mol. The molecule has 2 aromatic heterocycles. The summed E-state index contributed by atoms with van der Waals surface area (Å²) in [6.07, 6.45) is 0.827. The van der Waals surface area contributed by atoms with E-state index >= 15 is 0 Å². The van der Waals surface area contributed by atoms with Crippen LogP contribution in [0.1, 0.15) is 23.0 Å². The summed E-state index contributed by atoms with van der Waals surface area (Å²) in [5.74, 6) is 0. The van der Waals surface area contributed by atoms with Crippen LogP contribution in [-0.4, -0.2) is 16.8 Å². The van der Waals surface area contributed by atoms with Gasteiger partial charge in [-0.25, -0.2) is 0 Å². The van der Waals surface area contributed by atoms with E-state index in [1.165, 1.54) is 15.6 Å². The second-order valence-electron chi connectivity index (χ2n) is 5.20. The van der Waals surface area contributed by atoms with E-state index in [2.05, 4.69) is 40.1 Å². The minimum Gasteiger partial charge on any atom is -0.313 e. The number of rotatable bonds is 4. The van der Waals surface area contributed by atoms with Gasteiger partial charge in [0, 0.05) is 24.2 Å². The van der Waals surface area contributed by atoms with Crippen molar-refractivity contribution in [2.75, 3.05) is 7.05 Å². The fraction of sp³-hybridized carbons (Fsp3) is 0.312. The van der Waals surface area contributed by atoms with Crippen LogP contribution >= 0.6 is 22.9 Å². The fourth-order valence-corrected chi connectivity index (χ4v) is 3.98. The molecule has 0 radical (unpaired) electrons. The third-order valence-electron chi connectivity index (χ3n) is 3.89. The van der Waals surface area contributed by atoms with Crippen molar-refractivity contribution < 1.29 is 0 Å². The van der Waals surface area contributed by atoms with Crippen molar-refractivity contribution in [3.05, 3.63) is 51.6 Å². The number of aromatic nitrogens is 2. The van der Waals surface area contributed by atoms with Gasteiger partial charge in [-0.05, 0) is 36.4 Å². The molecule has 0 aliphatic carbocycles. The van der Waals surface area contributed by atoms with Gasteiger partial charge < -0.3 is 5.32 Å². The number of likely N-dealkylation sites (N-methyl/N-ethyl adjacent to an activating group) is 1. The van der Waals surface area contributed by atoms with Crippen molar-refractivity contribution in [3.8, 4) is 0 Å². The van der Waals surface area contributed by atoms with Crippen LogP contribution in [-0.2, 0) is 13.5 Å². The van der Waals surface area contributed by atoms with E-state index < -0.39 is 0 Å². The first-order valence-electron chi connectivity index (χ1n) is 6.93. The van der Waals surface area contributed by atoms with Gasteiger partial charge in [0.2, 0.25) is 0 Å². The summed E-state index contributed by atoms with van der Waals surface area (Å²) < 4.78 is 3.20. The number of nitrogens with one attached hydrogen (secondary N) is 1. The predicted molar refractivity (Wildman–Crippen MR) is 90.3 cm³/mol. The van der Waals surface area contributed by atoms with E-state index in [0.29, 0.717) is 0 Å². The third kappa shape index (κ3) is 2.59. The second-order valence-corrected chi connectivity index (χ2v) is 6.49. The topological polar surface area (TPSA) is 29.9 Å². The van der Waals surface area contributed by atoms with Gasteiger partial charge in [-0.15, -0.1) is 11.3 Å². The molecule has 0 aliphatic heterocycles. The average Bonchev–Trinajstić information content (AvgIpc) is 3.00. The van der Waals surface area contributed by atoms with Crippen LogP contribution in [0.25, 0.3) is 10.1 Å². The standard InChI is InChI=1S/C16H18ClN3S/c1-10-16(17)14(20(3)19-10)8-13(18-2)12-9-21-15-7-5-4-6-11(12)15/h4-7,9,13,18H,8H2,1-3H3. The van der Waals surface area contributed by atoms with Crippen molar-refractivity contribution in [1.29, 1.82) is 0 Å². The zero-order chi connectivity index (χ0) is 15.0. The summed E-state index contributed by atoms with van der Waals surface area (Å²) in [5, 5.41) is 12.1. The number of thiophene rings is 1. The van der Waals surface area contributed by atoms with E-state index in [9.17, 15) is 0 Å². The molecule has 0 saturated carbocycles. The van der Waals surface area contributed by atoms with Crippen LogP contribution in [0.3, 0.4) is 0 Å². The van der Waals surface area contributed by atoms with Gasteiger partial charge in [-0.3, -0.25) is 4.68 Å². The summed E-state index contributed by atoms with van der Waals surface area (Å²) in [6, 6.07) is 8.75. The minimum absolute atomic E-state index is 0.230. The van der Waals surface area contributed by atoms with Crippen molar-refractivity contribution in [1.82, 2.24) is 15.1 Å². The largest absolute Gasteiger partial charge is 0.313 e. The highest BCUT2D eigenvalue weighted by atomic mass is 35.5. The maximum Gasteiger partial charge on any atom is 0.0847 e. The molecule has 21 heavy (non-hydrogen) atoms. The molecule has 1 N–H and O–H groups in total. The van der Waals surface area contributed by atoms with Crippen molar-refractivity contribution >= 4 is 33.0 Å². The van der Waals surface area contributed by atoms with Gasteiger partial charge in [0.15, 0.2) is 0 Å². The zero-order valence-corrected chi connectivity index (χ0v) is 13.9. The van der Waals surface area contributed by atoms with Crippen molar-refractivity contribution in [3.63, 3.8) is 0 Å². The van der Waals surface area contributed by atoms with Crippen LogP contribution < -0.4 is 5.32 Å². The molecule has 2 heterocycles. The molecule has 5 heteroatoms. The van der Waals surface area contributed by atoms with Gasteiger partial charge in [0.05, 0.1) is 16.4 Å². The van der Waals surface area contributed by atoms with Crippen LogP contribution in [0, 0.1) is 6.92 Å². The van der Waals surface area contributed by atoms with Gasteiger partial charge in [0.25, 0.3) is 0 Å². The van der Waals surface area contributed by atoms with E-state index in [-0.39, 0.29) is 6.04 Å². The Morgan fingerprint density at radius 2 is 2.14 bits per heavy atom. The molecule has 0 bridgehead atoms. The fourth-order valence-electron chi connectivity index (χ4n) is 2.73. The number of halogens is 1. The molecule has 0 aliphatic rings. The van der Waals surface area contributed by atoms with Crippen molar-refractivity contribution in [2.24, 2.45) is 7.05 Å². The quantitative estimate of drug-likeness (QED) is 0.784. The molecule has 0 amide bonds. The molecule has 1 atom stereocenters. The van der Waals surface area contributed by atoms with Gasteiger partial charge in [0.1, 0.15) is 0 Å². The summed E-state index contributed by atoms with van der Waals surface area (Å²) in [6.45, 7) is 1.94. The first-order chi connectivity index (χ1) is 10.1.